The van der Waals surface area contributed by atoms with Gasteiger partial charge >= 0.3 is 87.3 Å². The van der Waals surface area contributed by atoms with Crippen molar-refractivity contribution in [1.82, 2.24) is 0 Å². The van der Waals surface area contributed by atoms with Crippen LogP contribution in [0.25, 0.3) is 11.1 Å². The summed E-state index contributed by atoms with van der Waals surface area (Å²) in [4.78, 5) is 55.1. The molecule has 792 valence electrons. The van der Waals surface area contributed by atoms with Gasteiger partial charge in [-0.1, -0.05) is 99.6 Å². The first-order valence-electron chi connectivity index (χ1n) is 46.0. The second-order valence-corrected chi connectivity index (χ2v) is 52.0. The van der Waals surface area contributed by atoms with Gasteiger partial charge in [0.15, 0.2) is 18.3 Å². The number of carbonyl (C=O) groups is 4. The molecule has 1 N–H and O–H groups in total. The highest BCUT2D eigenvalue weighted by Gasteiger charge is 2.62. The number of halogens is 12. The van der Waals surface area contributed by atoms with E-state index in [1.807, 2.05) is 132 Å². The molecule has 43 heteroatoms. The first-order valence-corrected chi connectivity index (χ1v) is 54.1. The van der Waals surface area contributed by atoms with Crippen LogP contribution in [-0.2, 0) is 101 Å². The number of hydrogen-bond donors (Lipinski definition) is 1. The molecule has 0 radical (unpaired) electrons. The molecular weight excluding hydrogens is 1980 g/mol. The minimum atomic E-state index is -6.81. The first-order chi connectivity index (χ1) is 62.9. The first kappa shape index (κ1) is 125. The van der Waals surface area contributed by atoms with Crippen LogP contribution in [0.4, 0.5) is 58.4 Å². The second-order valence-electron chi connectivity index (χ2n) is 40.8. The van der Waals surface area contributed by atoms with Crippen molar-refractivity contribution in [2.24, 2.45) is 59.2 Å². The Morgan fingerprint density at radius 1 is 0.432 bits per heavy atom. The zero-order chi connectivity index (χ0) is 107. The Labute approximate surface area is 827 Å². The number of allylic oxidation sites excluding steroid dienone is 8. The Hall–Kier alpha value is -6.42. The minimum Gasteiger partial charge on any atom is -0.479 e. The van der Waals surface area contributed by atoms with E-state index in [0.29, 0.717) is 66.6 Å². The summed E-state index contributed by atoms with van der Waals surface area (Å²) in [7, 11) is -25.2. The van der Waals surface area contributed by atoms with Crippen LogP contribution in [0, 0.1) is 101 Å². The highest BCUT2D eigenvalue weighted by atomic mass is 32.3. The zero-order valence-electron chi connectivity index (χ0n) is 85.3. The summed E-state index contributed by atoms with van der Waals surface area (Å²) in [5, 5.41) is 9.81. The predicted octanol–water partition coefficient (Wildman–Crippen LogP) is 25.9. The van der Waals surface area contributed by atoms with Gasteiger partial charge in [-0.3, -0.25) is 4.79 Å². The number of thiophene rings is 3. The van der Waals surface area contributed by atoms with Gasteiger partial charge in [-0.25, -0.2) is 14.4 Å². The van der Waals surface area contributed by atoms with Crippen LogP contribution >= 0.6 is 34.0 Å². The van der Waals surface area contributed by atoms with E-state index in [4.69, 9.17) is 33.0 Å². The smallest absolute Gasteiger partial charge is 0.479 e. The SMILES string of the molecule is CC1C=C(OS(=O)(=O)C(F)(F)F)CC(C)C1.CC1C=C(OS(=O)(=O)C(F)(F)F)CC(C)C1.CC1CC(=O)CC(C)C1.CCOC(=O)C(OC(C)(C)C)c1c(C)sc(C)c1B1OC(C)(C)C(C)(C)O1.CCOC(=O)C(OC(C)(C)C)c1c(C)sc(C)c1C1=CC(C)CC(C)C1.Cc1sc(C)c(C(OC(C)(C)C)C(=O)O)c1C1=CC(C)CC(C)C1.O=S(=O)(N(c1ccccc1)S(=O)(=O)C(F)(F)F)C(F)(F)F. The number of Topliss-reactive ketones (excluding diaryl/α,β-unsaturated/α-hetero) is 1. The van der Waals surface area contributed by atoms with Gasteiger partial charge in [0.2, 0.25) is 0 Å². The topological polar surface area (TPSA) is 311 Å². The number of aryl methyl sites for hydroxylation is 6. The Morgan fingerprint density at radius 2 is 0.727 bits per heavy atom. The van der Waals surface area contributed by atoms with Crippen LogP contribution in [0.2, 0.25) is 0 Å². The van der Waals surface area contributed by atoms with Crippen molar-refractivity contribution in [3.8, 4) is 0 Å². The van der Waals surface area contributed by atoms with Crippen molar-refractivity contribution in [3.05, 3.63) is 123 Å². The second kappa shape index (κ2) is 49.2. The number of carbonyl (C=O) groups excluding carboxylic acids is 3. The van der Waals surface area contributed by atoms with Gasteiger partial charge in [0, 0.05) is 77.1 Å². The van der Waals surface area contributed by atoms with Gasteiger partial charge in [-0.05, 0) is 296 Å². The van der Waals surface area contributed by atoms with Crippen LogP contribution in [0.1, 0.15) is 319 Å². The van der Waals surface area contributed by atoms with Gasteiger partial charge < -0.3 is 46.5 Å². The standard InChI is InChI=1S/C22H34O3S.C20H33BO5S.C20H30O3S.2C9H13F3O3S.C8H5F6NO4S2.C8H14O/c1-9-24-21(23)20(25-22(6,7)8)19-16(5)26-15(4)18(19)17-11-13(2)10-14(3)12-17;1-11-23-17(22)16(24-18(4,5)6)14-12(2)27-13(3)15(14)21-25-19(7,8)20(9,10)26-21;1-11-8-12(2)10-15(9-11)16-13(3)24-14(4)17(16)18(19(21)22)23-20(5,6)7;2*1-6-3-7(2)5-8(4-6)15-16(13,14)9(10,11)12;9-7(10,11)20(16,17)15(6-4-2-1-3-5-6)21(18,19)8(12,13)14;1-6-3-7(2)5-8(9)4-6/h11,13-14,20H,9-10,12H2,1-8H3;16H,11H2,1-10H3;9,11-12,18H,8,10H2,1-7H3,(H,21,22);2*4,6-7H,3,5H2,1-2H3;1-5H;6-7H,3-5H2,1-2H3. The van der Waals surface area contributed by atoms with Crippen LogP contribution in [0.5, 0.6) is 0 Å². The van der Waals surface area contributed by atoms with E-state index in [9.17, 15) is 111 Å². The third kappa shape index (κ3) is 36.0. The quantitative estimate of drug-likeness (QED) is 0.0266. The normalized spacial score (nSPS) is 22.8. The number of nitrogens with zero attached hydrogens (tertiary/aromatic N) is 1. The number of esters is 2. The summed E-state index contributed by atoms with van der Waals surface area (Å²) in [6, 6.07) is 3.85. The number of alkyl halides is 12. The number of rotatable bonds is 21. The van der Waals surface area contributed by atoms with Crippen molar-refractivity contribution in [1.29, 1.82) is 0 Å². The Kier molecular flexibility index (Phi) is 44.2. The van der Waals surface area contributed by atoms with Crippen LogP contribution in [0.15, 0.2) is 66.2 Å². The largest absolute Gasteiger partial charge is 0.534 e. The highest BCUT2D eigenvalue weighted by Crippen LogP contribution is 2.49. The lowest BCUT2D eigenvalue weighted by Gasteiger charge is -2.32. The number of sulfonamides is 2. The van der Waals surface area contributed by atoms with E-state index in [1.165, 1.54) is 57.9 Å². The zero-order valence-corrected chi connectivity index (χ0v) is 91.0. The van der Waals surface area contributed by atoms with Crippen molar-refractivity contribution in [2.75, 3.05) is 16.9 Å². The lowest BCUT2D eigenvalue weighted by molar-refractivity contribution is -0.167. The van der Waals surface area contributed by atoms with E-state index >= 15 is 0 Å². The van der Waals surface area contributed by atoms with Gasteiger partial charge in [-0.15, -0.1) is 37.7 Å². The van der Waals surface area contributed by atoms with E-state index in [0.717, 1.165) is 104 Å². The fourth-order valence-corrected chi connectivity index (χ4v) is 24.3. The lowest BCUT2D eigenvalue weighted by Crippen LogP contribution is -2.49. The maximum Gasteiger partial charge on any atom is 0.534 e. The van der Waals surface area contributed by atoms with Crippen LogP contribution in [-0.4, -0.2) is 133 Å². The molecule has 5 aliphatic carbocycles. The van der Waals surface area contributed by atoms with E-state index in [1.54, 1.807) is 54.8 Å². The van der Waals surface area contributed by atoms with E-state index in [-0.39, 0.29) is 60.0 Å². The average Bonchev–Trinajstić information content (AvgIpc) is 1.05. The molecule has 3 aromatic heterocycles. The molecule has 0 spiro atoms. The number of carboxylic acids is 1. The number of hydrogen-bond acceptors (Lipinski definition) is 24. The molecule has 4 heterocycles. The molecule has 23 nitrogen and oxygen atoms in total. The fraction of sp³-hybridized carbons (Fsp3) is 0.688. The van der Waals surface area contributed by atoms with Crippen molar-refractivity contribution < 1.29 is 152 Å². The Morgan fingerprint density at radius 3 is 1.02 bits per heavy atom. The molecule has 1 saturated carbocycles. The molecule has 10 rings (SSSR count). The van der Waals surface area contributed by atoms with Gasteiger partial charge in [-0.2, -0.15) is 86.4 Å². The Balaban J connectivity index is 0.000000345. The summed E-state index contributed by atoms with van der Waals surface area (Å²) in [5.41, 5.74) is -18.3. The number of anilines is 1. The summed E-state index contributed by atoms with van der Waals surface area (Å²) in [6.45, 7) is 62.9. The van der Waals surface area contributed by atoms with Gasteiger partial charge in [0.1, 0.15) is 17.3 Å². The number of carboxylic acid groups (broad SMARTS) is 1. The number of benzene rings is 1. The molecule has 1 aliphatic heterocycles. The molecule has 139 heavy (non-hydrogen) atoms. The van der Waals surface area contributed by atoms with Gasteiger partial charge in [0.05, 0.1) is 46.9 Å². The van der Waals surface area contributed by atoms with E-state index < -0.39 is 131 Å². The maximum absolute atomic E-state index is 12.8. The molecule has 13 unspecified atom stereocenters. The molecule has 0 amide bonds. The summed E-state index contributed by atoms with van der Waals surface area (Å²) < 4.78 is 283. The summed E-state index contributed by atoms with van der Waals surface area (Å²) >= 11 is 5.06. The number of aliphatic carboxylic acids is 1. The van der Waals surface area contributed by atoms with Crippen molar-refractivity contribution in [2.45, 2.75) is 354 Å². The molecule has 4 aromatic rings. The molecule has 13 atom stereocenters. The third-order valence-electron chi connectivity index (χ3n) is 22.7. The molecule has 2 fully saturated rings. The summed E-state index contributed by atoms with van der Waals surface area (Å²) in [6.07, 6.45) is 14.6. The fourth-order valence-electron chi connectivity index (χ4n) is 17.2. The predicted molar refractivity (Wildman–Crippen MR) is 519 cm³/mol. The van der Waals surface area contributed by atoms with Crippen LogP contribution in [0.3, 0.4) is 0 Å². The molecule has 1 saturated heterocycles. The minimum absolute atomic E-state index is 0.0298. The molecular formula is C96H142BF12NO22S7. The lowest BCUT2D eigenvalue weighted by atomic mass is 9.74. The van der Waals surface area contributed by atoms with Crippen molar-refractivity contribution >= 4 is 127 Å². The monoisotopic (exact) mass is 2120 g/mol. The third-order valence-corrected chi connectivity index (χ3v) is 31.5. The van der Waals surface area contributed by atoms with E-state index in [2.05, 4.69) is 82.8 Å². The highest BCUT2D eigenvalue weighted by molar-refractivity contribution is 8.11. The number of ether oxygens (including phenoxy) is 5. The maximum atomic E-state index is 12.8. The average molecular weight is 2130 g/mol. The van der Waals surface area contributed by atoms with Crippen LogP contribution < -0.4 is 9.17 Å². The number of ketones is 1. The molecule has 0 bridgehead atoms. The van der Waals surface area contributed by atoms with Gasteiger partial charge in [0.25, 0.3) is 0 Å². The summed E-state index contributed by atoms with van der Waals surface area (Å²) in [5.74, 6) is 2.62. The van der Waals surface area contributed by atoms with Crippen molar-refractivity contribution in [3.63, 3.8) is 0 Å². The number of para-hydroxylation sites is 1. The molecule has 1 aromatic carbocycles. The Bertz CT molecular complexity index is 5290. The molecule has 6 aliphatic rings.